The molecule has 1 aromatic carbocycles. The van der Waals surface area contributed by atoms with Gasteiger partial charge in [-0.15, -0.1) is 0 Å². The Morgan fingerprint density at radius 2 is 1.86 bits per heavy atom. The third-order valence-electron chi connectivity index (χ3n) is 3.72. The molecular weight excluding hydrogens is 262 g/mol. The van der Waals surface area contributed by atoms with Gasteiger partial charge in [0.2, 0.25) is 5.91 Å². The van der Waals surface area contributed by atoms with Crippen molar-refractivity contribution in [1.29, 1.82) is 0 Å². The van der Waals surface area contributed by atoms with Crippen LogP contribution in [0, 0.1) is 5.92 Å². The average molecular weight is 291 g/mol. The summed E-state index contributed by atoms with van der Waals surface area (Å²) in [6, 6.07) is 10.6. The number of anilines is 1. The predicted molar refractivity (Wildman–Crippen MR) is 89.6 cm³/mol. The van der Waals surface area contributed by atoms with E-state index in [1.165, 1.54) is 5.69 Å². The van der Waals surface area contributed by atoms with Crippen molar-refractivity contribution < 1.29 is 4.79 Å². The fourth-order valence-electron chi connectivity index (χ4n) is 1.93. The van der Waals surface area contributed by atoms with Crippen LogP contribution in [0.25, 0.3) is 0 Å². The first kappa shape index (κ1) is 17.5. The number of carbonyl (C=O) groups excluding carboxylic acids is 1. The molecule has 1 unspecified atom stereocenters. The molecule has 0 radical (unpaired) electrons. The number of amides is 1. The second-order valence-electron chi connectivity index (χ2n) is 5.89. The Hall–Kier alpha value is -1.55. The molecule has 118 valence electrons. The van der Waals surface area contributed by atoms with Crippen LogP contribution in [0.15, 0.2) is 30.3 Å². The second kappa shape index (κ2) is 9.40. The van der Waals surface area contributed by atoms with Crippen molar-refractivity contribution in [3.63, 3.8) is 0 Å². The highest BCUT2D eigenvalue weighted by atomic mass is 16.1. The topological polar surface area (TPSA) is 44.4 Å². The zero-order valence-corrected chi connectivity index (χ0v) is 13.7. The maximum Gasteiger partial charge on any atom is 0.234 e. The first-order chi connectivity index (χ1) is 10.0. The Morgan fingerprint density at radius 3 is 2.48 bits per heavy atom. The molecule has 4 heteroatoms. The summed E-state index contributed by atoms with van der Waals surface area (Å²) in [6.45, 7) is 8.47. The van der Waals surface area contributed by atoms with Crippen molar-refractivity contribution in [2.75, 3.05) is 31.6 Å². The van der Waals surface area contributed by atoms with Gasteiger partial charge >= 0.3 is 0 Å². The summed E-state index contributed by atoms with van der Waals surface area (Å²) < 4.78 is 0. The van der Waals surface area contributed by atoms with E-state index in [4.69, 9.17) is 0 Å². The number of carbonyl (C=O) groups is 1. The lowest BCUT2D eigenvalue weighted by Gasteiger charge is -2.19. The molecule has 0 aromatic heterocycles. The van der Waals surface area contributed by atoms with Crippen LogP contribution in [0.2, 0.25) is 0 Å². The highest BCUT2D eigenvalue weighted by molar-refractivity contribution is 5.78. The van der Waals surface area contributed by atoms with Crippen LogP contribution in [0.4, 0.5) is 5.69 Å². The van der Waals surface area contributed by atoms with E-state index in [-0.39, 0.29) is 11.9 Å². The lowest BCUT2D eigenvalue weighted by molar-refractivity contribution is -0.121. The quantitative estimate of drug-likeness (QED) is 0.686. The molecule has 1 aromatic rings. The fourth-order valence-corrected chi connectivity index (χ4v) is 1.93. The molecule has 4 nitrogen and oxygen atoms in total. The molecule has 0 aliphatic carbocycles. The standard InChI is InChI=1S/C17H29N3O/c1-14(2)15(3)19-17(21)13-18-11-8-12-20(4)16-9-6-5-7-10-16/h5-7,9-10,14-15,18H,8,11-13H2,1-4H3,(H,19,21). The molecular formula is C17H29N3O. The van der Waals surface area contributed by atoms with Crippen LogP contribution in [0.1, 0.15) is 27.2 Å². The Morgan fingerprint density at radius 1 is 1.19 bits per heavy atom. The largest absolute Gasteiger partial charge is 0.375 e. The van der Waals surface area contributed by atoms with Crippen LogP contribution in [-0.2, 0) is 4.79 Å². The zero-order chi connectivity index (χ0) is 15.7. The van der Waals surface area contributed by atoms with Crippen molar-refractivity contribution in [2.45, 2.75) is 33.2 Å². The maximum absolute atomic E-state index is 11.7. The molecule has 0 aliphatic rings. The summed E-state index contributed by atoms with van der Waals surface area (Å²) in [5, 5.41) is 6.19. The summed E-state index contributed by atoms with van der Waals surface area (Å²) in [6.07, 6.45) is 1.01. The highest BCUT2D eigenvalue weighted by Gasteiger charge is 2.09. The van der Waals surface area contributed by atoms with E-state index in [1.54, 1.807) is 0 Å². The smallest absolute Gasteiger partial charge is 0.234 e. The Balaban J connectivity index is 2.10. The number of nitrogens with zero attached hydrogens (tertiary/aromatic N) is 1. The molecule has 0 spiro atoms. The number of rotatable bonds is 9. The normalized spacial score (nSPS) is 12.2. The van der Waals surface area contributed by atoms with Gasteiger partial charge in [0.25, 0.3) is 0 Å². The SMILES string of the molecule is CC(C)C(C)NC(=O)CNCCCN(C)c1ccccc1. The van der Waals surface area contributed by atoms with Crippen LogP contribution in [0.3, 0.4) is 0 Å². The maximum atomic E-state index is 11.7. The lowest BCUT2D eigenvalue weighted by atomic mass is 10.1. The van der Waals surface area contributed by atoms with E-state index in [0.29, 0.717) is 12.5 Å². The molecule has 1 atom stereocenters. The molecule has 1 rings (SSSR count). The van der Waals surface area contributed by atoms with Crippen LogP contribution < -0.4 is 15.5 Å². The van der Waals surface area contributed by atoms with Gasteiger partial charge in [0.15, 0.2) is 0 Å². The summed E-state index contributed by atoms with van der Waals surface area (Å²) >= 11 is 0. The van der Waals surface area contributed by atoms with Crippen LogP contribution in [-0.4, -0.2) is 38.6 Å². The van der Waals surface area contributed by atoms with Crippen molar-refractivity contribution in [1.82, 2.24) is 10.6 Å². The van der Waals surface area contributed by atoms with Gasteiger partial charge in [-0.05, 0) is 37.9 Å². The molecule has 0 heterocycles. The van der Waals surface area contributed by atoms with Gasteiger partial charge in [-0.2, -0.15) is 0 Å². The molecule has 21 heavy (non-hydrogen) atoms. The minimum absolute atomic E-state index is 0.0765. The van der Waals surface area contributed by atoms with Crippen LogP contribution in [0.5, 0.6) is 0 Å². The molecule has 0 fully saturated rings. The van der Waals surface area contributed by atoms with Crippen molar-refractivity contribution in [2.24, 2.45) is 5.92 Å². The molecule has 0 saturated carbocycles. The van der Waals surface area contributed by atoms with E-state index < -0.39 is 0 Å². The Bertz CT molecular complexity index is 406. The van der Waals surface area contributed by atoms with Gasteiger partial charge in [-0.25, -0.2) is 0 Å². The molecule has 0 bridgehead atoms. The number of nitrogens with one attached hydrogen (secondary N) is 2. The minimum Gasteiger partial charge on any atom is -0.375 e. The van der Waals surface area contributed by atoms with E-state index in [2.05, 4.69) is 48.6 Å². The summed E-state index contributed by atoms with van der Waals surface area (Å²) in [5.41, 5.74) is 1.22. The fraction of sp³-hybridized carbons (Fsp3) is 0.588. The van der Waals surface area contributed by atoms with Crippen LogP contribution >= 0.6 is 0 Å². The van der Waals surface area contributed by atoms with Gasteiger partial charge < -0.3 is 15.5 Å². The van der Waals surface area contributed by atoms with Gasteiger partial charge in [-0.1, -0.05) is 32.0 Å². The predicted octanol–water partition coefficient (Wildman–Crippen LogP) is 2.26. The van der Waals surface area contributed by atoms with Gasteiger partial charge in [-0.3, -0.25) is 4.79 Å². The number of para-hydroxylation sites is 1. The molecule has 2 N–H and O–H groups in total. The molecule has 0 saturated heterocycles. The number of hydrogen-bond donors (Lipinski definition) is 2. The minimum atomic E-state index is 0.0765. The number of benzene rings is 1. The monoisotopic (exact) mass is 291 g/mol. The summed E-state index contributed by atoms with van der Waals surface area (Å²) in [4.78, 5) is 13.9. The van der Waals surface area contributed by atoms with Crippen molar-refractivity contribution in [3.8, 4) is 0 Å². The molecule has 1 amide bonds. The Kier molecular flexibility index (Phi) is 7.83. The summed E-state index contributed by atoms with van der Waals surface area (Å²) in [7, 11) is 2.09. The van der Waals surface area contributed by atoms with Gasteiger partial charge in [0.1, 0.15) is 0 Å². The average Bonchev–Trinajstić information content (AvgIpc) is 2.47. The van der Waals surface area contributed by atoms with E-state index in [9.17, 15) is 4.79 Å². The van der Waals surface area contributed by atoms with E-state index in [1.807, 2.05) is 25.1 Å². The first-order valence-corrected chi connectivity index (χ1v) is 7.77. The van der Waals surface area contributed by atoms with E-state index >= 15 is 0 Å². The first-order valence-electron chi connectivity index (χ1n) is 7.77. The third kappa shape index (κ3) is 7.14. The van der Waals surface area contributed by atoms with Crippen molar-refractivity contribution >= 4 is 11.6 Å². The lowest BCUT2D eigenvalue weighted by Crippen LogP contribution is -2.41. The second-order valence-corrected chi connectivity index (χ2v) is 5.89. The third-order valence-corrected chi connectivity index (χ3v) is 3.72. The van der Waals surface area contributed by atoms with E-state index in [0.717, 1.165) is 19.5 Å². The van der Waals surface area contributed by atoms with Crippen molar-refractivity contribution in [3.05, 3.63) is 30.3 Å². The molecule has 0 aliphatic heterocycles. The Labute approximate surface area is 128 Å². The highest BCUT2D eigenvalue weighted by Crippen LogP contribution is 2.10. The summed E-state index contributed by atoms with van der Waals surface area (Å²) in [5.74, 6) is 0.543. The van der Waals surface area contributed by atoms with Gasteiger partial charge in [0, 0.05) is 25.3 Å². The number of hydrogen-bond acceptors (Lipinski definition) is 3. The zero-order valence-electron chi connectivity index (χ0n) is 13.7. The van der Waals surface area contributed by atoms with Gasteiger partial charge in [0.05, 0.1) is 6.54 Å².